The van der Waals surface area contributed by atoms with Crippen molar-refractivity contribution in [3.63, 3.8) is 0 Å². The molecule has 0 unspecified atom stereocenters. The normalized spacial score (nSPS) is 12.1. The van der Waals surface area contributed by atoms with Gasteiger partial charge >= 0.3 is 12.1 Å². The number of fused-ring (bicyclic) bond motifs is 2. The van der Waals surface area contributed by atoms with E-state index < -0.39 is 22.7 Å². The SMILES string of the molecule is CC(=O)Oc1c(C)n(Cc2nc3ccccc3s2)c2cc(Cl)c(C(F)(F)F)cc12. The number of thiazole rings is 1. The Balaban J connectivity index is 1.91. The zero-order valence-corrected chi connectivity index (χ0v) is 16.9. The molecule has 0 fully saturated rings. The van der Waals surface area contributed by atoms with E-state index in [1.807, 2.05) is 24.3 Å². The van der Waals surface area contributed by atoms with Gasteiger partial charge in [-0.2, -0.15) is 13.2 Å². The number of esters is 1. The Kier molecular flexibility index (Phi) is 4.78. The van der Waals surface area contributed by atoms with Crippen LogP contribution in [0, 0.1) is 6.92 Å². The predicted molar refractivity (Wildman–Crippen MR) is 107 cm³/mol. The number of hydrogen-bond donors (Lipinski definition) is 0. The van der Waals surface area contributed by atoms with Gasteiger partial charge < -0.3 is 9.30 Å². The molecule has 0 saturated heterocycles. The highest BCUT2D eigenvalue weighted by atomic mass is 35.5. The van der Waals surface area contributed by atoms with E-state index in [2.05, 4.69) is 4.98 Å². The second-order valence-electron chi connectivity index (χ2n) is 6.52. The second kappa shape index (κ2) is 7.03. The lowest BCUT2D eigenvalue weighted by Crippen LogP contribution is -2.06. The molecule has 150 valence electrons. The van der Waals surface area contributed by atoms with E-state index in [0.29, 0.717) is 17.8 Å². The molecule has 0 radical (unpaired) electrons. The second-order valence-corrected chi connectivity index (χ2v) is 8.04. The number of carbonyl (C=O) groups is 1. The van der Waals surface area contributed by atoms with Gasteiger partial charge in [-0.15, -0.1) is 11.3 Å². The van der Waals surface area contributed by atoms with Gasteiger partial charge in [0.2, 0.25) is 0 Å². The summed E-state index contributed by atoms with van der Waals surface area (Å²) in [5.74, 6) is -0.522. The minimum absolute atomic E-state index is 0.0933. The van der Waals surface area contributed by atoms with Crippen LogP contribution in [0.3, 0.4) is 0 Å². The third-order valence-electron chi connectivity index (χ3n) is 4.54. The summed E-state index contributed by atoms with van der Waals surface area (Å²) in [6.07, 6.45) is -4.62. The summed E-state index contributed by atoms with van der Waals surface area (Å²) in [6, 6.07) is 9.84. The van der Waals surface area contributed by atoms with Gasteiger partial charge in [0.25, 0.3) is 0 Å². The highest BCUT2D eigenvalue weighted by Gasteiger charge is 2.34. The Hall–Kier alpha value is -2.58. The van der Waals surface area contributed by atoms with E-state index in [4.69, 9.17) is 16.3 Å². The van der Waals surface area contributed by atoms with Crippen molar-refractivity contribution in [3.05, 3.63) is 57.7 Å². The predicted octanol–water partition coefficient (Wildman–Crippen LogP) is 6.21. The average molecular weight is 439 g/mol. The fraction of sp³-hybridized carbons (Fsp3) is 0.200. The van der Waals surface area contributed by atoms with E-state index in [0.717, 1.165) is 21.3 Å². The summed E-state index contributed by atoms with van der Waals surface area (Å²) in [4.78, 5) is 16.1. The Morgan fingerprint density at radius 1 is 1.28 bits per heavy atom. The number of halogens is 4. The van der Waals surface area contributed by atoms with Crippen LogP contribution in [-0.4, -0.2) is 15.5 Å². The molecule has 29 heavy (non-hydrogen) atoms. The van der Waals surface area contributed by atoms with E-state index in [1.165, 1.54) is 24.3 Å². The fourth-order valence-electron chi connectivity index (χ4n) is 3.28. The number of ether oxygens (including phenoxy) is 1. The molecule has 0 saturated carbocycles. The van der Waals surface area contributed by atoms with Crippen molar-refractivity contribution in [2.24, 2.45) is 0 Å². The van der Waals surface area contributed by atoms with E-state index in [1.54, 1.807) is 11.5 Å². The van der Waals surface area contributed by atoms with E-state index in [-0.39, 0.29) is 11.1 Å². The van der Waals surface area contributed by atoms with Crippen LogP contribution >= 0.6 is 22.9 Å². The molecule has 4 rings (SSSR count). The molecule has 0 spiro atoms. The van der Waals surface area contributed by atoms with Crippen LogP contribution in [0.2, 0.25) is 5.02 Å². The molecule has 0 atom stereocenters. The first kappa shape index (κ1) is 19.7. The molecule has 0 aliphatic heterocycles. The van der Waals surface area contributed by atoms with Crippen molar-refractivity contribution in [3.8, 4) is 5.75 Å². The third kappa shape index (κ3) is 3.58. The van der Waals surface area contributed by atoms with Crippen molar-refractivity contribution in [1.29, 1.82) is 0 Å². The van der Waals surface area contributed by atoms with Gasteiger partial charge in [-0.1, -0.05) is 23.7 Å². The standard InChI is InChI=1S/C20H14ClF3N2O2S/c1-10-19(28-11(2)27)12-7-13(20(22,23)24)14(21)8-16(12)26(10)9-18-25-15-5-3-4-6-17(15)29-18/h3-8H,9H2,1-2H3. The smallest absolute Gasteiger partial charge is 0.417 e. The Labute approximate surface area is 172 Å². The molecular formula is C20H14ClF3N2O2S. The van der Waals surface area contributed by atoms with Crippen LogP contribution in [0.1, 0.15) is 23.2 Å². The van der Waals surface area contributed by atoms with E-state index >= 15 is 0 Å². The molecule has 2 heterocycles. The number of benzene rings is 2. The molecule has 2 aromatic carbocycles. The number of alkyl halides is 3. The largest absolute Gasteiger partial charge is 0.424 e. The first-order valence-corrected chi connectivity index (χ1v) is 9.77. The van der Waals surface area contributed by atoms with Crippen LogP contribution in [0.5, 0.6) is 5.75 Å². The van der Waals surface area contributed by atoms with Gasteiger partial charge in [0.1, 0.15) is 5.01 Å². The number of nitrogens with zero attached hydrogens (tertiary/aromatic N) is 2. The summed E-state index contributed by atoms with van der Waals surface area (Å²) in [6.45, 7) is 3.20. The quantitative estimate of drug-likeness (QED) is 0.357. The van der Waals surface area contributed by atoms with Gasteiger partial charge in [-0.05, 0) is 31.2 Å². The lowest BCUT2D eigenvalue weighted by atomic mass is 10.1. The number of para-hydroxylation sites is 1. The molecule has 4 nitrogen and oxygen atoms in total. The number of carbonyl (C=O) groups excluding carboxylic acids is 1. The van der Waals surface area contributed by atoms with E-state index in [9.17, 15) is 18.0 Å². The van der Waals surface area contributed by atoms with Gasteiger partial charge in [0.05, 0.1) is 38.6 Å². The summed E-state index contributed by atoms with van der Waals surface area (Å²) in [5, 5.41) is 0.537. The highest BCUT2D eigenvalue weighted by molar-refractivity contribution is 7.18. The molecule has 0 bridgehead atoms. The molecule has 2 aromatic heterocycles. The Morgan fingerprint density at radius 2 is 2.00 bits per heavy atom. The highest BCUT2D eigenvalue weighted by Crippen LogP contribution is 2.42. The van der Waals surface area contributed by atoms with Crippen molar-refractivity contribution in [1.82, 2.24) is 9.55 Å². The summed E-state index contributed by atoms with van der Waals surface area (Å²) in [5.41, 5.74) is 0.831. The Bertz CT molecular complexity index is 1230. The lowest BCUT2D eigenvalue weighted by Gasteiger charge is -2.10. The van der Waals surface area contributed by atoms with Crippen LogP contribution in [-0.2, 0) is 17.5 Å². The number of hydrogen-bond acceptors (Lipinski definition) is 4. The van der Waals surface area contributed by atoms with Crippen LogP contribution in [0.25, 0.3) is 21.1 Å². The Morgan fingerprint density at radius 3 is 2.66 bits per heavy atom. The van der Waals surface area contributed by atoms with Crippen molar-refractivity contribution in [2.45, 2.75) is 26.6 Å². The maximum Gasteiger partial charge on any atom is 0.417 e. The monoisotopic (exact) mass is 438 g/mol. The number of aromatic nitrogens is 2. The molecule has 0 N–H and O–H groups in total. The average Bonchev–Trinajstić information content (AvgIpc) is 3.14. The van der Waals surface area contributed by atoms with Crippen molar-refractivity contribution < 1.29 is 22.7 Å². The van der Waals surface area contributed by atoms with Gasteiger partial charge in [0, 0.05) is 12.3 Å². The summed E-state index contributed by atoms with van der Waals surface area (Å²) in [7, 11) is 0. The molecule has 9 heteroatoms. The zero-order chi connectivity index (χ0) is 20.9. The van der Waals surface area contributed by atoms with Crippen LogP contribution in [0.15, 0.2) is 36.4 Å². The van der Waals surface area contributed by atoms with Gasteiger partial charge in [-0.3, -0.25) is 4.79 Å². The summed E-state index contributed by atoms with van der Waals surface area (Å²) < 4.78 is 48.0. The zero-order valence-electron chi connectivity index (χ0n) is 15.3. The first-order chi connectivity index (χ1) is 13.6. The first-order valence-electron chi connectivity index (χ1n) is 8.57. The minimum Gasteiger partial charge on any atom is -0.424 e. The number of rotatable bonds is 3. The van der Waals surface area contributed by atoms with Gasteiger partial charge in [0.15, 0.2) is 5.75 Å². The molecule has 0 amide bonds. The third-order valence-corrected chi connectivity index (χ3v) is 5.87. The molecular weight excluding hydrogens is 425 g/mol. The van der Waals surface area contributed by atoms with Crippen LogP contribution in [0.4, 0.5) is 13.2 Å². The lowest BCUT2D eigenvalue weighted by molar-refractivity contribution is -0.137. The van der Waals surface area contributed by atoms with Crippen molar-refractivity contribution >= 4 is 50.0 Å². The maximum absolute atomic E-state index is 13.3. The maximum atomic E-state index is 13.3. The minimum atomic E-state index is -4.62. The summed E-state index contributed by atoms with van der Waals surface area (Å²) >= 11 is 7.43. The molecule has 0 aliphatic carbocycles. The van der Waals surface area contributed by atoms with Gasteiger partial charge in [-0.25, -0.2) is 4.98 Å². The van der Waals surface area contributed by atoms with Crippen LogP contribution < -0.4 is 4.74 Å². The molecule has 0 aliphatic rings. The molecule has 4 aromatic rings. The van der Waals surface area contributed by atoms with Crippen molar-refractivity contribution in [2.75, 3.05) is 0 Å². The fourth-order valence-corrected chi connectivity index (χ4v) is 4.50. The topological polar surface area (TPSA) is 44.1 Å².